The summed E-state index contributed by atoms with van der Waals surface area (Å²) in [6, 6.07) is 9.73. The maximum Gasteiger partial charge on any atom is 0.240 e. The molecule has 154 valence electrons. The van der Waals surface area contributed by atoms with Crippen molar-refractivity contribution in [3.8, 4) is 11.6 Å². The summed E-state index contributed by atoms with van der Waals surface area (Å²) in [4.78, 5) is 19.5. The molecular formula is C22H26FN3O3. The van der Waals surface area contributed by atoms with Crippen LogP contribution in [0.2, 0.25) is 0 Å². The van der Waals surface area contributed by atoms with E-state index in [1.807, 2.05) is 6.07 Å². The smallest absolute Gasteiger partial charge is 0.240 e. The molecule has 2 fully saturated rings. The van der Waals surface area contributed by atoms with Crippen LogP contribution in [0.5, 0.6) is 11.6 Å². The van der Waals surface area contributed by atoms with Crippen molar-refractivity contribution in [2.24, 2.45) is 0 Å². The number of morpholine rings is 1. The number of amides is 1. The molecule has 1 aliphatic carbocycles. The summed E-state index contributed by atoms with van der Waals surface area (Å²) in [6.07, 6.45) is 6.37. The third-order valence-corrected chi connectivity index (χ3v) is 5.58. The molecular weight excluding hydrogens is 373 g/mol. The van der Waals surface area contributed by atoms with Gasteiger partial charge < -0.3 is 14.8 Å². The topological polar surface area (TPSA) is 63.7 Å². The van der Waals surface area contributed by atoms with Crippen LogP contribution in [0, 0.1) is 5.82 Å². The van der Waals surface area contributed by atoms with Crippen molar-refractivity contribution in [2.75, 3.05) is 19.8 Å². The molecule has 7 heteroatoms. The van der Waals surface area contributed by atoms with Crippen LogP contribution >= 0.6 is 0 Å². The summed E-state index contributed by atoms with van der Waals surface area (Å²) in [5, 5.41) is 3.01. The Labute approximate surface area is 170 Å². The summed E-state index contributed by atoms with van der Waals surface area (Å²) >= 11 is 0. The van der Waals surface area contributed by atoms with Crippen LogP contribution in [-0.4, -0.2) is 47.6 Å². The second kappa shape index (κ2) is 9.33. The van der Waals surface area contributed by atoms with Gasteiger partial charge in [0, 0.05) is 37.0 Å². The molecule has 1 amide bonds. The highest BCUT2D eigenvalue weighted by atomic mass is 19.1. The van der Waals surface area contributed by atoms with Gasteiger partial charge in [0.15, 0.2) is 0 Å². The Kier molecular flexibility index (Phi) is 6.36. The van der Waals surface area contributed by atoms with Crippen molar-refractivity contribution in [2.45, 2.75) is 44.3 Å². The lowest BCUT2D eigenvalue weighted by Gasteiger charge is -2.38. The van der Waals surface area contributed by atoms with Crippen LogP contribution in [0.15, 0.2) is 42.6 Å². The number of carbonyl (C=O) groups excluding carboxylic acids is 1. The Morgan fingerprint density at radius 3 is 2.97 bits per heavy atom. The van der Waals surface area contributed by atoms with E-state index >= 15 is 0 Å². The molecule has 4 rings (SSSR count). The van der Waals surface area contributed by atoms with Crippen LogP contribution in [0.25, 0.3) is 0 Å². The summed E-state index contributed by atoms with van der Waals surface area (Å²) in [5.41, 5.74) is 0.731. The highest BCUT2D eigenvalue weighted by molar-refractivity contribution is 5.82. The lowest BCUT2D eigenvalue weighted by Crippen LogP contribution is -2.56. The minimum absolute atomic E-state index is 0.0443. The zero-order valence-electron chi connectivity index (χ0n) is 16.4. The van der Waals surface area contributed by atoms with Gasteiger partial charge in [-0.25, -0.2) is 9.37 Å². The van der Waals surface area contributed by atoms with Crippen LogP contribution < -0.4 is 10.1 Å². The van der Waals surface area contributed by atoms with Crippen LogP contribution in [0.3, 0.4) is 0 Å². The molecule has 0 bridgehead atoms. The quantitative estimate of drug-likeness (QED) is 0.808. The van der Waals surface area contributed by atoms with E-state index in [2.05, 4.69) is 15.2 Å². The Morgan fingerprint density at radius 1 is 1.28 bits per heavy atom. The minimum atomic E-state index is -0.377. The fraction of sp³-hybridized carbons (Fsp3) is 0.455. The average molecular weight is 399 g/mol. The highest BCUT2D eigenvalue weighted by Gasteiger charge is 2.35. The number of nitrogens with zero attached hydrogens (tertiary/aromatic N) is 2. The standard InChI is InChI=1S/C22H26FN3O3/c23-17-6-3-9-19(13-17)29-22-16(5-4-10-24-22)14-25-21(27)20-15-28-12-11-26(20)18-7-1-2-8-18/h3-6,9-10,13,18,20H,1-2,7-8,11-12,14-15H2,(H,25,27)/t20-/m1/s1. The van der Waals surface area contributed by atoms with E-state index in [1.165, 1.54) is 25.0 Å². The highest BCUT2D eigenvalue weighted by Crippen LogP contribution is 2.27. The fourth-order valence-corrected chi connectivity index (χ4v) is 4.11. The van der Waals surface area contributed by atoms with Crippen LogP contribution in [-0.2, 0) is 16.1 Å². The van der Waals surface area contributed by atoms with Gasteiger partial charge in [0.05, 0.1) is 13.2 Å². The lowest BCUT2D eigenvalue weighted by molar-refractivity contribution is -0.134. The van der Waals surface area contributed by atoms with Crippen molar-refractivity contribution in [1.29, 1.82) is 0 Å². The van der Waals surface area contributed by atoms with Crippen molar-refractivity contribution in [1.82, 2.24) is 15.2 Å². The third kappa shape index (κ3) is 4.92. The Bertz CT molecular complexity index is 842. The van der Waals surface area contributed by atoms with E-state index in [9.17, 15) is 9.18 Å². The van der Waals surface area contributed by atoms with Crippen molar-refractivity contribution < 1.29 is 18.7 Å². The maximum absolute atomic E-state index is 13.4. The van der Waals surface area contributed by atoms with Gasteiger partial charge >= 0.3 is 0 Å². The second-order valence-electron chi connectivity index (χ2n) is 7.51. The molecule has 1 aromatic heterocycles. The molecule has 1 N–H and O–H groups in total. The molecule has 0 radical (unpaired) electrons. The number of hydrogen-bond donors (Lipinski definition) is 1. The van der Waals surface area contributed by atoms with Gasteiger partial charge in [-0.15, -0.1) is 0 Å². The summed E-state index contributed by atoms with van der Waals surface area (Å²) in [6.45, 7) is 2.17. The molecule has 1 saturated carbocycles. The third-order valence-electron chi connectivity index (χ3n) is 5.58. The zero-order chi connectivity index (χ0) is 20.1. The molecule has 1 saturated heterocycles. The minimum Gasteiger partial charge on any atom is -0.439 e. The van der Waals surface area contributed by atoms with Gasteiger partial charge in [-0.2, -0.15) is 0 Å². The molecule has 2 aliphatic rings. The normalized spacial score (nSPS) is 20.5. The summed E-state index contributed by atoms with van der Waals surface area (Å²) in [7, 11) is 0. The first-order chi connectivity index (χ1) is 14.2. The molecule has 1 atom stereocenters. The number of rotatable bonds is 6. The molecule has 2 aromatic rings. The molecule has 6 nitrogen and oxygen atoms in total. The number of carbonyl (C=O) groups is 1. The van der Waals surface area contributed by atoms with E-state index in [0.29, 0.717) is 30.9 Å². The number of hydrogen-bond acceptors (Lipinski definition) is 5. The van der Waals surface area contributed by atoms with Gasteiger partial charge in [-0.3, -0.25) is 9.69 Å². The number of aromatic nitrogens is 1. The van der Waals surface area contributed by atoms with E-state index in [4.69, 9.17) is 9.47 Å². The molecule has 1 aliphatic heterocycles. The second-order valence-corrected chi connectivity index (χ2v) is 7.51. The summed E-state index contributed by atoms with van der Waals surface area (Å²) in [5.74, 6) is 0.296. The first-order valence-corrected chi connectivity index (χ1v) is 10.2. The fourth-order valence-electron chi connectivity index (χ4n) is 4.11. The monoisotopic (exact) mass is 399 g/mol. The predicted molar refractivity (Wildman–Crippen MR) is 106 cm³/mol. The first-order valence-electron chi connectivity index (χ1n) is 10.2. The molecule has 2 heterocycles. The van der Waals surface area contributed by atoms with Crippen molar-refractivity contribution >= 4 is 5.91 Å². The van der Waals surface area contributed by atoms with Gasteiger partial charge in [-0.1, -0.05) is 25.0 Å². The number of benzene rings is 1. The zero-order valence-corrected chi connectivity index (χ0v) is 16.4. The van der Waals surface area contributed by atoms with Crippen molar-refractivity contribution in [3.63, 3.8) is 0 Å². The summed E-state index contributed by atoms with van der Waals surface area (Å²) < 4.78 is 24.7. The van der Waals surface area contributed by atoms with E-state index < -0.39 is 0 Å². The largest absolute Gasteiger partial charge is 0.439 e. The predicted octanol–water partition coefficient (Wildman–Crippen LogP) is 3.27. The van der Waals surface area contributed by atoms with Gasteiger partial charge in [0.2, 0.25) is 11.8 Å². The average Bonchev–Trinajstić information content (AvgIpc) is 3.28. The van der Waals surface area contributed by atoms with E-state index in [-0.39, 0.29) is 24.3 Å². The van der Waals surface area contributed by atoms with Crippen LogP contribution in [0.4, 0.5) is 4.39 Å². The Morgan fingerprint density at radius 2 is 2.14 bits per heavy atom. The number of ether oxygens (including phenoxy) is 2. The SMILES string of the molecule is O=C(NCc1cccnc1Oc1cccc(F)c1)[C@H]1COCCN1C1CCCC1. The van der Waals surface area contributed by atoms with Crippen molar-refractivity contribution in [3.05, 3.63) is 54.0 Å². The molecule has 29 heavy (non-hydrogen) atoms. The lowest BCUT2D eigenvalue weighted by atomic mass is 10.1. The number of halogens is 1. The maximum atomic E-state index is 13.4. The first kappa shape index (κ1) is 19.8. The number of nitrogens with one attached hydrogen (secondary N) is 1. The Hall–Kier alpha value is -2.51. The van der Waals surface area contributed by atoms with Gasteiger partial charge in [0.25, 0.3) is 0 Å². The van der Waals surface area contributed by atoms with Gasteiger partial charge in [-0.05, 0) is 31.0 Å². The van der Waals surface area contributed by atoms with E-state index in [1.54, 1.807) is 24.4 Å². The molecule has 1 aromatic carbocycles. The Balaban J connectivity index is 1.41. The molecule has 0 spiro atoms. The van der Waals surface area contributed by atoms with E-state index in [0.717, 1.165) is 24.9 Å². The molecule has 0 unspecified atom stereocenters. The number of pyridine rings is 1. The van der Waals surface area contributed by atoms with Crippen LogP contribution in [0.1, 0.15) is 31.2 Å². The van der Waals surface area contributed by atoms with Gasteiger partial charge in [0.1, 0.15) is 17.6 Å².